The molecule has 0 saturated heterocycles. The zero-order valence-corrected chi connectivity index (χ0v) is 6.80. The Morgan fingerprint density at radius 3 is 1.40 bits per heavy atom. The molecule has 0 rings (SSSR count). The fourth-order valence-corrected chi connectivity index (χ4v) is 0. The van der Waals surface area contributed by atoms with Crippen LogP contribution in [0.2, 0.25) is 0 Å². The first kappa shape index (κ1) is 9.61. The molecular formula is C3H7NaS-. The van der Waals surface area contributed by atoms with Gasteiger partial charge in [-0.1, -0.05) is 13.8 Å². The molecule has 0 aromatic carbocycles. The molecule has 0 aliphatic carbocycles. The van der Waals surface area contributed by atoms with Gasteiger partial charge in [-0.2, -0.15) is 5.25 Å². The van der Waals surface area contributed by atoms with Gasteiger partial charge in [0.05, 0.1) is 0 Å². The molecule has 0 heterocycles. The van der Waals surface area contributed by atoms with Crippen molar-refractivity contribution in [2.75, 3.05) is 0 Å². The maximum absolute atomic E-state index is 4.62. The van der Waals surface area contributed by atoms with Gasteiger partial charge in [0, 0.05) is 29.6 Å². The van der Waals surface area contributed by atoms with Crippen LogP contribution in [0, 0.1) is 0 Å². The van der Waals surface area contributed by atoms with Gasteiger partial charge in [-0.05, 0) is 0 Å². The molecule has 0 spiro atoms. The van der Waals surface area contributed by atoms with Crippen LogP contribution in [0.5, 0.6) is 0 Å². The largest absolute Gasteiger partial charge is 0.790 e. The van der Waals surface area contributed by atoms with E-state index in [1.165, 1.54) is 0 Å². The minimum Gasteiger partial charge on any atom is -0.790 e. The second kappa shape index (κ2) is 5.35. The molecule has 2 heteroatoms. The van der Waals surface area contributed by atoms with E-state index in [0.29, 0.717) is 5.25 Å². The van der Waals surface area contributed by atoms with Crippen molar-refractivity contribution in [2.45, 2.75) is 19.1 Å². The van der Waals surface area contributed by atoms with Crippen LogP contribution in [0.1, 0.15) is 13.8 Å². The fraction of sp³-hybridized carbons (Fsp3) is 1.00. The van der Waals surface area contributed by atoms with Crippen LogP contribution >= 0.6 is 0 Å². The van der Waals surface area contributed by atoms with Crippen molar-refractivity contribution < 1.29 is 0 Å². The predicted octanol–water partition coefficient (Wildman–Crippen LogP) is 0.561. The van der Waals surface area contributed by atoms with E-state index in [9.17, 15) is 0 Å². The summed E-state index contributed by atoms with van der Waals surface area (Å²) in [5, 5.41) is 0.417. The third kappa shape index (κ3) is 32.9. The van der Waals surface area contributed by atoms with E-state index >= 15 is 0 Å². The van der Waals surface area contributed by atoms with Crippen LogP contribution in [0.15, 0.2) is 0 Å². The van der Waals surface area contributed by atoms with E-state index in [4.69, 9.17) is 0 Å². The molecule has 0 aromatic heterocycles. The van der Waals surface area contributed by atoms with Crippen LogP contribution < -0.4 is 0 Å². The molecule has 0 atom stereocenters. The Balaban J connectivity index is 0. The number of rotatable bonds is 0. The predicted molar refractivity (Wildman–Crippen MR) is 28.3 cm³/mol. The SMILES string of the molecule is CC(C)[S-].[Na]. The maximum atomic E-state index is 4.62. The average molecular weight is 98.1 g/mol. The van der Waals surface area contributed by atoms with Gasteiger partial charge in [-0.25, -0.2) is 0 Å². The minimum atomic E-state index is 0. The summed E-state index contributed by atoms with van der Waals surface area (Å²) in [4.78, 5) is 0. The molecule has 0 aromatic rings. The van der Waals surface area contributed by atoms with Crippen LogP contribution in [0.25, 0.3) is 0 Å². The fourth-order valence-electron chi connectivity index (χ4n) is 0. The van der Waals surface area contributed by atoms with Gasteiger partial charge in [0.2, 0.25) is 0 Å². The third-order valence-electron chi connectivity index (χ3n) is 0. The summed E-state index contributed by atoms with van der Waals surface area (Å²) in [6, 6.07) is 0. The number of hydrogen-bond donors (Lipinski definition) is 0. The number of hydrogen-bond acceptors (Lipinski definition) is 1. The van der Waals surface area contributed by atoms with Crippen molar-refractivity contribution in [1.82, 2.24) is 0 Å². The van der Waals surface area contributed by atoms with Gasteiger partial charge >= 0.3 is 0 Å². The van der Waals surface area contributed by atoms with Gasteiger partial charge in [0.15, 0.2) is 0 Å². The maximum Gasteiger partial charge on any atom is 0 e. The summed E-state index contributed by atoms with van der Waals surface area (Å²) >= 11 is 4.62. The van der Waals surface area contributed by atoms with E-state index in [-0.39, 0.29) is 29.6 Å². The van der Waals surface area contributed by atoms with Gasteiger partial charge in [0.1, 0.15) is 0 Å². The summed E-state index contributed by atoms with van der Waals surface area (Å²) < 4.78 is 0. The molecule has 0 bridgehead atoms. The smallest absolute Gasteiger partial charge is 0 e. The molecule has 0 amide bonds. The second-order valence-corrected chi connectivity index (χ2v) is 1.99. The molecule has 0 nitrogen and oxygen atoms in total. The summed E-state index contributed by atoms with van der Waals surface area (Å²) in [6.45, 7) is 3.96. The molecule has 5 heavy (non-hydrogen) atoms. The van der Waals surface area contributed by atoms with Crippen LogP contribution in [-0.2, 0) is 12.6 Å². The first-order valence-corrected chi connectivity index (χ1v) is 1.86. The van der Waals surface area contributed by atoms with Crippen molar-refractivity contribution in [3.05, 3.63) is 0 Å². The first-order valence-electron chi connectivity index (χ1n) is 1.39. The average Bonchev–Trinajstić information content (AvgIpc) is 0.811. The van der Waals surface area contributed by atoms with Gasteiger partial charge in [0.25, 0.3) is 0 Å². The van der Waals surface area contributed by atoms with E-state index in [1.54, 1.807) is 0 Å². The zero-order valence-electron chi connectivity index (χ0n) is 3.99. The van der Waals surface area contributed by atoms with Crippen LogP contribution in [0.3, 0.4) is 0 Å². The van der Waals surface area contributed by atoms with E-state index in [2.05, 4.69) is 12.6 Å². The Morgan fingerprint density at radius 1 is 1.40 bits per heavy atom. The molecular weight excluding hydrogens is 91.1 g/mol. The summed E-state index contributed by atoms with van der Waals surface area (Å²) in [5.41, 5.74) is 0. The normalized spacial score (nSPS) is 7.20. The molecule has 27 valence electrons. The van der Waals surface area contributed by atoms with Crippen molar-refractivity contribution in [3.8, 4) is 0 Å². The summed E-state index contributed by atoms with van der Waals surface area (Å²) in [7, 11) is 0. The molecule has 0 saturated carbocycles. The Labute approximate surface area is 61.0 Å². The van der Waals surface area contributed by atoms with Crippen molar-refractivity contribution >= 4 is 42.2 Å². The molecule has 1 radical (unpaired) electrons. The standard InChI is InChI=1S/C3H8S.Na/c1-3(2)4;/h3-4H,1-2H3;/p-1. The first-order chi connectivity index (χ1) is 1.73. The van der Waals surface area contributed by atoms with E-state index in [0.717, 1.165) is 0 Å². The van der Waals surface area contributed by atoms with Gasteiger partial charge in [-0.3, -0.25) is 0 Å². The summed E-state index contributed by atoms with van der Waals surface area (Å²) in [6.07, 6.45) is 0. The Kier molecular flexibility index (Phi) is 10.3. The van der Waals surface area contributed by atoms with Crippen molar-refractivity contribution in [1.29, 1.82) is 0 Å². The van der Waals surface area contributed by atoms with E-state index in [1.807, 2.05) is 13.8 Å². The Bertz CT molecular complexity index is 11.6. The summed E-state index contributed by atoms with van der Waals surface area (Å²) in [5.74, 6) is 0. The molecule has 0 aliphatic rings. The Morgan fingerprint density at radius 2 is 1.40 bits per heavy atom. The second-order valence-electron chi connectivity index (χ2n) is 1.05. The molecule has 0 unspecified atom stereocenters. The van der Waals surface area contributed by atoms with E-state index < -0.39 is 0 Å². The van der Waals surface area contributed by atoms with Gasteiger partial charge < -0.3 is 12.6 Å². The topological polar surface area (TPSA) is 0 Å². The minimum absolute atomic E-state index is 0. The quantitative estimate of drug-likeness (QED) is 0.315. The van der Waals surface area contributed by atoms with Crippen LogP contribution in [-0.4, -0.2) is 34.8 Å². The van der Waals surface area contributed by atoms with Crippen molar-refractivity contribution in [2.24, 2.45) is 0 Å². The molecule has 0 N–H and O–H groups in total. The van der Waals surface area contributed by atoms with Gasteiger partial charge in [-0.15, -0.1) is 0 Å². The van der Waals surface area contributed by atoms with Crippen LogP contribution in [0.4, 0.5) is 0 Å². The van der Waals surface area contributed by atoms with Crippen molar-refractivity contribution in [3.63, 3.8) is 0 Å². The third-order valence-corrected chi connectivity index (χ3v) is 0. The Hall–Kier alpha value is 1.35. The molecule has 0 fully saturated rings. The molecule has 0 aliphatic heterocycles. The zero-order chi connectivity index (χ0) is 3.58. The monoisotopic (exact) mass is 98.0 g/mol.